The van der Waals surface area contributed by atoms with Crippen LogP contribution >= 0.6 is 0 Å². The smallest absolute Gasteiger partial charge is 0.219 e. The van der Waals surface area contributed by atoms with Gasteiger partial charge in [0.2, 0.25) is 33.7 Å². The maximum Gasteiger partial charge on any atom is 0.219 e. The highest BCUT2D eigenvalue weighted by atomic mass is 32.2. The van der Waals surface area contributed by atoms with E-state index in [1.807, 2.05) is 13.8 Å². The number of nitrogens with one attached hydrogen (secondary N) is 5. The van der Waals surface area contributed by atoms with Gasteiger partial charge in [-0.15, -0.1) is 0 Å². The molecule has 0 aromatic rings. The zero-order valence-corrected chi connectivity index (χ0v) is 26.0. The van der Waals surface area contributed by atoms with E-state index in [-0.39, 0.29) is 23.6 Å². The lowest BCUT2D eigenvalue weighted by molar-refractivity contribution is -0.121. The molecule has 11 nitrogen and oxygen atoms in total. The van der Waals surface area contributed by atoms with Crippen molar-refractivity contribution in [2.24, 2.45) is 0 Å². The number of carbonyl (C=O) groups excluding carboxylic acids is 4. The van der Waals surface area contributed by atoms with Crippen LogP contribution in [0.5, 0.6) is 0 Å². The van der Waals surface area contributed by atoms with E-state index >= 15 is 0 Å². The van der Waals surface area contributed by atoms with E-state index in [0.29, 0.717) is 32.2 Å². The molecule has 0 rings (SSSR count). The van der Waals surface area contributed by atoms with Crippen molar-refractivity contribution in [2.75, 3.05) is 41.0 Å². The molecular formula is C25H57N5O6S. The Morgan fingerprint density at radius 1 is 0.541 bits per heavy atom. The zero-order chi connectivity index (χ0) is 30.1. The molecule has 0 aliphatic carbocycles. The molecular weight excluding hydrogens is 498 g/mol. The van der Waals surface area contributed by atoms with Crippen LogP contribution < -0.4 is 26.0 Å². The summed E-state index contributed by atoms with van der Waals surface area (Å²) in [5.74, 6) is 0.521. The molecule has 0 radical (unpaired) electrons. The van der Waals surface area contributed by atoms with Crippen LogP contribution in [0.25, 0.3) is 0 Å². The molecule has 0 aromatic carbocycles. The van der Waals surface area contributed by atoms with Crippen LogP contribution in [0.2, 0.25) is 0 Å². The van der Waals surface area contributed by atoms with Gasteiger partial charge in [0.1, 0.15) is 0 Å². The second-order valence-corrected chi connectivity index (χ2v) is 9.46. The van der Waals surface area contributed by atoms with E-state index in [0.717, 1.165) is 38.4 Å². The summed E-state index contributed by atoms with van der Waals surface area (Å²) in [5, 5.41) is 10.1. The van der Waals surface area contributed by atoms with Gasteiger partial charge < -0.3 is 21.3 Å². The van der Waals surface area contributed by atoms with Crippen molar-refractivity contribution in [3.8, 4) is 0 Å². The highest BCUT2D eigenvalue weighted by molar-refractivity contribution is 7.88. The molecule has 0 heterocycles. The van der Waals surface area contributed by atoms with Gasteiger partial charge in [-0.3, -0.25) is 19.2 Å². The minimum atomic E-state index is -2.92. The standard InChI is InChI=1S/C7H15NO.C6H13NO.C5H11NO.C4H9NO.C3H9NO2S/c1-3-4-5-6-7(9)8-2;1-3-4-5-6(8)7-2;1-3-4-5(7)6-2;1-3-4(6)5-2;1-3-4-7(2,5)6/h3-6H2,1-2H3,(H,8,9);3-5H2,1-2H3,(H,7,8);3-4H2,1-2H3,(H,6,7);3H2,1-2H3,(H,5,6);4H,3H2,1-2H3. The third kappa shape index (κ3) is 60.3. The summed E-state index contributed by atoms with van der Waals surface area (Å²) in [4.78, 5) is 41.4. The van der Waals surface area contributed by atoms with Gasteiger partial charge in [0.25, 0.3) is 0 Å². The minimum absolute atomic E-state index is 0.0926. The molecule has 5 N–H and O–H groups in total. The highest BCUT2D eigenvalue weighted by Gasteiger charge is 1.95. The minimum Gasteiger partial charge on any atom is -0.359 e. The lowest BCUT2D eigenvalue weighted by Crippen LogP contribution is -2.20. The molecule has 224 valence electrons. The molecule has 0 fully saturated rings. The lowest BCUT2D eigenvalue weighted by Gasteiger charge is -1.96. The lowest BCUT2D eigenvalue weighted by atomic mass is 10.2. The number of sulfonamides is 1. The van der Waals surface area contributed by atoms with Crippen LogP contribution in [0, 0.1) is 0 Å². The van der Waals surface area contributed by atoms with E-state index in [1.165, 1.54) is 6.42 Å². The van der Waals surface area contributed by atoms with Crippen molar-refractivity contribution in [1.29, 1.82) is 0 Å². The van der Waals surface area contributed by atoms with Gasteiger partial charge in [0.15, 0.2) is 0 Å². The summed E-state index contributed by atoms with van der Waals surface area (Å²) < 4.78 is 22.5. The predicted octanol–water partition coefficient (Wildman–Crippen LogP) is 2.47. The Morgan fingerprint density at radius 3 is 1.11 bits per heavy atom. The molecule has 0 unspecified atom stereocenters. The molecule has 37 heavy (non-hydrogen) atoms. The maximum absolute atomic E-state index is 10.6. The van der Waals surface area contributed by atoms with Gasteiger partial charge in [-0.05, 0) is 19.3 Å². The average Bonchev–Trinajstić information content (AvgIpc) is 2.87. The van der Waals surface area contributed by atoms with Gasteiger partial charge >= 0.3 is 0 Å². The van der Waals surface area contributed by atoms with Crippen LogP contribution in [0.15, 0.2) is 0 Å². The van der Waals surface area contributed by atoms with Gasteiger partial charge in [-0.25, -0.2) is 13.1 Å². The van der Waals surface area contributed by atoms with E-state index in [1.54, 1.807) is 35.1 Å². The van der Waals surface area contributed by atoms with Gasteiger partial charge in [-0.1, -0.05) is 53.9 Å². The Kier molecular flexibility index (Phi) is 43.5. The number of rotatable bonds is 12. The van der Waals surface area contributed by atoms with Crippen LogP contribution in [-0.4, -0.2) is 73.0 Å². The number of hydrogen-bond acceptors (Lipinski definition) is 6. The number of amides is 4. The first-order chi connectivity index (χ1) is 17.3. The third-order valence-electron chi connectivity index (χ3n) is 4.08. The maximum atomic E-state index is 10.6. The fourth-order valence-corrected chi connectivity index (χ4v) is 2.44. The van der Waals surface area contributed by atoms with Crippen molar-refractivity contribution < 1.29 is 27.6 Å². The Morgan fingerprint density at radius 2 is 0.919 bits per heavy atom. The van der Waals surface area contributed by atoms with Crippen molar-refractivity contribution >= 4 is 33.7 Å². The average molecular weight is 556 g/mol. The first-order valence-corrected chi connectivity index (χ1v) is 15.0. The van der Waals surface area contributed by atoms with Crippen molar-refractivity contribution in [3.05, 3.63) is 0 Å². The zero-order valence-electron chi connectivity index (χ0n) is 25.1. The van der Waals surface area contributed by atoms with Gasteiger partial charge in [0, 0.05) is 60.4 Å². The Hall–Kier alpha value is -2.21. The Labute approximate surface area is 227 Å². The van der Waals surface area contributed by atoms with Crippen molar-refractivity contribution in [1.82, 2.24) is 26.0 Å². The molecule has 0 atom stereocenters. The Balaban J connectivity index is -0.000000116. The predicted molar refractivity (Wildman–Crippen MR) is 154 cm³/mol. The van der Waals surface area contributed by atoms with Gasteiger partial charge in [0.05, 0.1) is 6.26 Å². The molecule has 0 aliphatic rings. The van der Waals surface area contributed by atoms with Crippen LogP contribution in [0.1, 0.15) is 98.8 Å². The Bertz CT molecular complexity index is 637. The summed E-state index contributed by atoms with van der Waals surface area (Å²) in [6.45, 7) is 10.2. The van der Waals surface area contributed by atoms with Gasteiger partial charge in [-0.2, -0.15) is 0 Å². The molecule has 0 spiro atoms. The topological polar surface area (TPSA) is 163 Å². The fraction of sp³-hybridized carbons (Fsp3) is 0.840. The summed E-state index contributed by atoms with van der Waals surface area (Å²) in [6.07, 6.45) is 10.1. The number of hydrogen-bond donors (Lipinski definition) is 5. The van der Waals surface area contributed by atoms with Crippen molar-refractivity contribution in [3.63, 3.8) is 0 Å². The normalized spacial score (nSPS) is 9.14. The number of unbranched alkanes of at least 4 members (excludes halogenated alkanes) is 3. The largest absolute Gasteiger partial charge is 0.359 e. The summed E-state index contributed by atoms with van der Waals surface area (Å²) in [5.41, 5.74) is 0. The third-order valence-corrected chi connectivity index (χ3v) is 4.90. The van der Waals surface area contributed by atoms with E-state index in [4.69, 9.17) is 0 Å². The first-order valence-electron chi connectivity index (χ1n) is 13.1. The molecule has 0 saturated carbocycles. The second-order valence-electron chi connectivity index (χ2n) is 7.63. The summed E-state index contributed by atoms with van der Waals surface area (Å²) in [6, 6.07) is 0. The molecule has 12 heteroatoms. The van der Waals surface area contributed by atoms with Crippen LogP contribution in [0.4, 0.5) is 0 Å². The second kappa shape index (κ2) is 35.9. The summed E-state index contributed by atoms with van der Waals surface area (Å²) in [7, 11) is 3.70. The van der Waals surface area contributed by atoms with E-state index < -0.39 is 10.0 Å². The summed E-state index contributed by atoms with van der Waals surface area (Å²) >= 11 is 0. The quantitative estimate of drug-likeness (QED) is 0.232. The van der Waals surface area contributed by atoms with Crippen LogP contribution in [-0.2, 0) is 29.2 Å². The fourth-order valence-electron chi connectivity index (χ4n) is 1.91. The SMILES string of the molecule is CCC(=O)NC.CCCC(=O)NC.CCCCC(=O)NC.CCCCCC(=O)NC.CCNS(C)(=O)=O. The van der Waals surface area contributed by atoms with E-state index in [2.05, 4.69) is 39.8 Å². The first kappa shape index (κ1) is 44.8. The monoisotopic (exact) mass is 555 g/mol. The molecule has 0 bridgehead atoms. The number of carbonyl (C=O) groups is 4. The molecule has 0 saturated heterocycles. The highest BCUT2D eigenvalue weighted by Crippen LogP contribution is 1.97. The molecule has 0 aromatic heterocycles. The van der Waals surface area contributed by atoms with Crippen molar-refractivity contribution in [2.45, 2.75) is 98.8 Å². The molecule has 4 amide bonds. The van der Waals surface area contributed by atoms with Crippen LogP contribution in [0.3, 0.4) is 0 Å². The van der Waals surface area contributed by atoms with E-state index in [9.17, 15) is 27.6 Å². The molecule has 0 aliphatic heterocycles.